The lowest BCUT2D eigenvalue weighted by Crippen LogP contribution is -2.07. The van der Waals surface area contributed by atoms with Gasteiger partial charge < -0.3 is 15.8 Å². The second kappa shape index (κ2) is 5.91. The zero-order valence-corrected chi connectivity index (χ0v) is 10.4. The predicted molar refractivity (Wildman–Crippen MR) is 73.8 cm³/mol. The molecule has 0 fully saturated rings. The number of aromatic nitrogens is 1. The lowest BCUT2D eigenvalue weighted by molar-refractivity contribution is 0.410. The molecular weight excluding hydrogens is 226 g/mol. The van der Waals surface area contributed by atoms with E-state index in [0.29, 0.717) is 5.82 Å². The highest BCUT2D eigenvalue weighted by molar-refractivity contribution is 5.42. The highest BCUT2D eigenvalue weighted by Gasteiger charge is 2.01. The minimum Gasteiger partial charge on any atom is -0.496 e. The number of pyridine rings is 1. The largest absolute Gasteiger partial charge is 0.496 e. The Labute approximate surface area is 107 Å². The number of methoxy groups -OCH3 is 1. The molecule has 0 atom stereocenters. The van der Waals surface area contributed by atoms with E-state index in [9.17, 15) is 0 Å². The van der Waals surface area contributed by atoms with Crippen LogP contribution in [-0.4, -0.2) is 18.6 Å². The van der Waals surface area contributed by atoms with Gasteiger partial charge in [0.05, 0.1) is 7.11 Å². The average molecular weight is 243 g/mol. The normalized spacial score (nSPS) is 10.1. The van der Waals surface area contributed by atoms with Gasteiger partial charge in [-0.25, -0.2) is 4.98 Å². The first-order chi connectivity index (χ1) is 8.79. The van der Waals surface area contributed by atoms with Crippen molar-refractivity contribution in [1.29, 1.82) is 0 Å². The Kier molecular flexibility index (Phi) is 4.02. The Balaban J connectivity index is 1.92. The third-order valence-corrected chi connectivity index (χ3v) is 2.66. The monoisotopic (exact) mass is 243 g/mol. The van der Waals surface area contributed by atoms with Crippen molar-refractivity contribution in [1.82, 2.24) is 4.98 Å². The van der Waals surface area contributed by atoms with Gasteiger partial charge in [-0.05, 0) is 30.2 Å². The van der Waals surface area contributed by atoms with Gasteiger partial charge in [-0.1, -0.05) is 24.3 Å². The highest BCUT2D eigenvalue weighted by Crippen LogP contribution is 2.17. The van der Waals surface area contributed by atoms with Gasteiger partial charge in [0.1, 0.15) is 17.4 Å². The minimum atomic E-state index is 0.525. The highest BCUT2D eigenvalue weighted by atomic mass is 16.5. The molecule has 0 saturated carbocycles. The summed E-state index contributed by atoms with van der Waals surface area (Å²) in [6.07, 6.45) is 0.875. The third kappa shape index (κ3) is 3.13. The fourth-order valence-electron chi connectivity index (χ4n) is 1.78. The van der Waals surface area contributed by atoms with Gasteiger partial charge in [0.25, 0.3) is 0 Å². The number of anilines is 2. The summed E-state index contributed by atoms with van der Waals surface area (Å²) in [5.74, 6) is 2.24. The van der Waals surface area contributed by atoms with Crippen LogP contribution in [-0.2, 0) is 6.42 Å². The molecular formula is C14H17N3O. The van der Waals surface area contributed by atoms with Crippen molar-refractivity contribution in [3.63, 3.8) is 0 Å². The van der Waals surface area contributed by atoms with E-state index >= 15 is 0 Å². The van der Waals surface area contributed by atoms with Crippen molar-refractivity contribution in [2.75, 3.05) is 24.7 Å². The number of hydrogen-bond donors (Lipinski definition) is 2. The maximum absolute atomic E-state index is 5.62. The molecule has 0 radical (unpaired) electrons. The molecule has 4 heteroatoms. The molecule has 0 bridgehead atoms. The van der Waals surface area contributed by atoms with E-state index in [4.69, 9.17) is 10.5 Å². The van der Waals surface area contributed by atoms with Crippen molar-refractivity contribution in [2.45, 2.75) is 6.42 Å². The molecule has 0 unspecified atom stereocenters. The second-order valence-electron chi connectivity index (χ2n) is 3.94. The average Bonchev–Trinajstić information content (AvgIpc) is 2.39. The van der Waals surface area contributed by atoms with E-state index in [0.717, 1.165) is 24.5 Å². The molecule has 0 aliphatic carbocycles. The minimum absolute atomic E-state index is 0.525. The van der Waals surface area contributed by atoms with Crippen LogP contribution in [0.3, 0.4) is 0 Å². The van der Waals surface area contributed by atoms with Crippen LogP contribution in [0.2, 0.25) is 0 Å². The number of benzene rings is 1. The van der Waals surface area contributed by atoms with E-state index in [2.05, 4.69) is 16.4 Å². The lowest BCUT2D eigenvalue weighted by Gasteiger charge is -2.09. The SMILES string of the molecule is COc1ccccc1CCNc1cccc(N)n1. The number of para-hydroxylation sites is 1. The van der Waals surface area contributed by atoms with Gasteiger partial charge in [0.2, 0.25) is 0 Å². The number of nitrogens with one attached hydrogen (secondary N) is 1. The van der Waals surface area contributed by atoms with Crippen LogP contribution >= 0.6 is 0 Å². The van der Waals surface area contributed by atoms with E-state index < -0.39 is 0 Å². The summed E-state index contributed by atoms with van der Waals surface area (Å²) < 4.78 is 5.30. The van der Waals surface area contributed by atoms with Crippen LogP contribution in [0, 0.1) is 0 Å². The first-order valence-electron chi connectivity index (χ1n) is 5.88. The molecule has 1 heterocycles. The zero-order chi connectivity index (χ0) is 12.8. The van der Waals surface area contributed by atoms with Crippen LogP contribution in [0.5, 0.6) is 5.75 Å². The summed E-state index contributed by atoms with van der Waals surface area (Å²) in [6, 6.07) is 13.6. The van der Waals surface area contributed by atoms with Gasteiger partial charge in [-0.15, -0.1) is 0 Å². The summed E-state index contributed by atoms with van der Waals surface area (Å²) >= 11 is 0. The zero-order valence-electron chi connectivity index (χ0n) is 10.4. The molecule has 1 aromatic heterocycles. The van der Waals surface area contributed by atoms with Gasteiger partial charge in [0, 0.05) is 6.54 Å². The maximum Gasteiger partial charge on any atom is 0.128 e. The van der Waals surface area contributed by atoms with Crippen molar-refractivity contribution < 1.29 is 4.74 Å². The van der Waals surface area contributed by atoms with Gasteiger partial charge >= 0.3 is 0 Å². The summed E-state index contributed by atoms with van der Waals surface area (Å²) in [5, 5.41) is 3.24. The summed E-state index contributed by atoms with van der Waals surface area (Å²) in [7, 11) is 1.69. The molecule has 94 valence electrons. The quantitative estimate of drug-likeness (QED) is 0.846. The van der Waals surface area contributed by atoms with Crippen LogP contribution in [0.15, 0.2) is 42.5 Å². The van der Waals surface area contributed by atoms with Crippen LogP contribution < -0.4 is 15.8 Å². The fraction of sp³-hybridized carbons (Fsp3) is 0.214. The fourth-order valence-corrected chi connectivity index (χ4v) is 1.78. The number of hydrogen-bond acceptors (Lipinski definition) is 4. The topological polar surface area (TPSA) is 60.2 Å². The number of ether oxygens (including phenoxy) is 1. The van der Waals surface area contributed by atoms with Crippen molar-refractivity contribution in [3.8, 4) is 5.75 Å². The standard InChI is InChI=1S/C14H17N3O/c1-18-12-6-3-2-5-11(12)9-10-16-14-8-4-7-13(15)17-14/h2-8H,9-10H2,1H3,(H3,15,16,17). The molecule has 0 aliphatic heterocycles. The number of nitrogens with zero attached hydrogens (tertiary/aromatic N) is 1. The molecule has 0 aliphatic rings. The van der Waals surface area contributed by atoms with Gasteiger partial charge in [-0.2, -0.15) is 0 Å². The van der Waals surface area contributed by atoms with Crippen molar-refractivity contribution >= 4 is 11.6 Å². The second-order valence-corrected chi connectivity index (χ2v) is 3.94. The van der Waals surface area contributed by atoms with E-state index in [-0.39, 0.29) is 0 Å². The predicted octanol–water partition coefficient (Wildman–Crippen LogP) is 2.33. The number of nitrogens with two attached hydrogens (primary N) is 1. The first kappa shape index (κ1) is 12.2. The molecule has 4 nitrogen and oxygen atoms in total. The van der Waals surface area contributed by atoms with Crippen LogP contribution in [0.4, 0.5) is 11.6 Å². The Bertz CT molecular complexity index is 514. The Morgan fingerprint density at radius 1 is 1.17 bits per heavy atom. The Morgan fingerprint density at radius 3 is 2.78 bits per heavy atom. The maximum atomic E-state index is 5.62. The van der Waals surface area contributed by atoms with E-state index in [1.165, 1.54) is 5.56 Å². The van der Waals surface area contributed by atoms with Gasteiger partial charge in [0.15, 0.2) is 0 Å². The third-order valence-electron chi connectivity index (χ3n) is 2.66. The van der Waals surface area contributed by atoms with E-state index in [1.807, 2.05) is 30.3 Å². The molecule has 2 aromatic rings. The summed E-state index contributed by atoms with van der Waals surface area (Å²) in [4.78, 5) is 4.18. The Hall–Kier alpha value is -2.23. The molecule has 18 heavy (non-hydrogen) atoms. The van der Waals surface area contributed by atoms with Crippen LogP contribution in [0.1, 0.15) is 5.56 Å². The number of rotatable bonds is 5. The van der Waals surface area contributed by atoms with E-state index in [1.54, 1.807) is 13.2 Å². The van der Waals surface area contributed by atoms with Crippen molar-refractivity contribution in [2.24, 2.45) is 0 Å². The summed E-state index contributed by atoms with van der Waals surface area (Å²) in [5.41, 5.74) is 6.79. The molecule has 1 aromatic carbocycles. The smallest absolute Gasteiger partial charge is 0.128 e. The molecule has 0 amide bonds. The molecule has 0 saturated heterocycles. The van der Waals surface area contributed by atoms with Gasteiger partial charge in [-0.3, -0.25) is 0 Å². The molecule has 0 spiro atoms. The first-order valence-corrected chi connectivity index (χ1v) is 5.88. The Morgan fingerprint density at radius 2 is 2.00 bits per heavy atom. The molecule has 2 rings (SSSR count). The lowest BCUT2D eigenvalue weighted by atomic mass is 10.1. The van der Waals surface area contributed by atoms with Crippen LogP contribution in [0.25, 0.3) is 0 Å². The van der Waals surface area contributed by atoms with Crippen molar-refractivity contribution in [3.05, 3.63) is 48.0 Å². The number of nitrogen functional groups attached to an aromatic ring is 1. The summed E-state index contributed by atoms with van der Waals surface area (Å²) in [6.45, 7) is 0.789. The molecule has 3 N–H and O–H groups in total.